The highest BCUT2D eigenvalue weighted by molar-refractivity contribution is 7.91. The van der Waals surface area contributed by atoms with Crippen molar-refractivity contribution in [3.8, 4) is 11.5 Å². The Morgan fingerprint density at radius 1 is 1.04 bits per heavy atom. The maximum Gasteiger partial charge on any atom is 0.213 e. The van der Waals surface area contributed by atoms with Crippen LogP contribution in [0.3, 0.4) is 0 Å². The predicted molar refractivity (Wildman–Crippen MR) is 90.3 cm³/mol. The Morgan fingerprint density at radius 2 is 1.65 bits per heavy atom. The van der Waals surface area contributed by atoms with Crippen LogP contribution in [0.25, 0.3) is 6.08 Å². The van der Waals surface area contributed by atoms with E-state index in [4.69, 9.17) is 0 Å². The summed E-state index contributed by atoms with van der Waals surface area (Å²) >= 11 is 0. The second kappa shape index (κ2) is 6.71. The van der Waals surface area contributed by atoms with Gasteiger partial charge in [-0.2, -0.15) is 0 Å². The van der Waals surface area contributed by atoms with Crippen LogP contribution >= 0.6 is 0 Å². The van der Waals surface area contributed by atoms with E-state index in [-0.39, 0.29) is 21.3 Å². The summed E-state index contributed by atoms with van der Waals surface area (Å²) in [4.78, 5) is -0.469. The summed E-state index contributed by atoms with van der Waals surface area (Å²) in [5.41, 5.74) is 0.862. The number of rotatable bonds is 5. The van der Waals surface area contributed by atoms with Gasteiger partial charge in [-0.1, -0.05) is 42.5 Å². The van der Waals surface area contributed by atoms with Crippen LogP contribution in [0.1, 0.15) is 18.1 Å². The van der Waals surface area contributed by atoms with Crippen molar-refractivity contribution in [3.63, 3.8) is 0 Å². The van der Waals surface area contributed by atoms with Crippen molar-refractivity contribution in [1.29, 1.82) is 0 Å². The van der Waals surface area contributed by atoms with Crippen molar-refractivity contribution < 1.29 is 18.6 Å². The van der Waals surface area contributed by atoms with E-state index in [1.165, 1.54) is 12.1 Å². The quantitative estimate of drug-likeness (QED) is 0.820. The fourth-order valence-electron chi connectivity index (χ4n) is 2.29. The molecule has 120 valence electrons. The molecule has 0 heterocycles. The number of phenols is 2. The molecule has 0 aliphatic heterocycles. The summed E-state index contributed by atoms with van der Waals surface area (Å²) in [5.74, 6) is -0.651. The summed E-state index contributed by atoms with van der Waals surface area (Å²) in [6.45, 7) is 5.35. The maximum atomic E-state index is 12.8. The van der Waals surface area contributed by atoms with Crippen LogP contribution in [0.5, 0.6) is 11.5 Å². The van der Waals surface area contributed by atoms with E-state index < -0.39 is 9.84 Å². The van der Waals surface area contributed by atoms with Gasteiger partial charge in [0.2, 0.25) is 9.84 Å². The summed E-state index contributed by atoms with van der Waals surface area (Å²) in [7, 11) is -4.05. The molecule has 0 fully saturated rings. The van der Waals surface area contributed by atoms with Crippen LogP contribution in [-0.2, 0) is 16.3 Å². The van der Waals surface area contributed by atoms with E-state index in [0.717, 1.165) is 0 Å². The van der Waals surface area contributed by atoms with Gasteiger partial charge in [0.25, 0.3) is 0 Å². The monoisotopic (exact) mass is 330 g/mol. The minimum atomic E-state index is -4.05. The normalized spacial score (nSPS) is 11.7. The van der Waals surface area contributed by atoms with Crippen LogP contribution in [0.2, 0.25) is 0 Å². The van der Waals surface area contributed by atoms with Crippen LogP contribution in [-0.4, -0.2) is 18.6 Å². The molecular formula is C18H18O4S. The average molecular weight is 330 g/mol. The molecule has 0 saturated heterocycles. The van der Waals surface area contributed by atoms with Gasteiger partial charge in [-0.3, -0.25) is 0 Å². The first-order valence-corrected chi connectivity index (χ1v) is 8.53. The molecule has 0 unspecified atom stereocenters. The van der Waals surface area contributed by atoms with Gasteiger partial charge < -0.3 is 10.2 Å². The lowest BCUT2D eigenvalue weighted by Crippen LogP contribution is -2.04. The fraction of sp³-hybridized carbons (Fsp3) is 0.111. The molecule has 2 N–H and O–H groups in total. The number of hydrogen-bond acceptors (Lipinski definition) is 4. The van der Waals surface area contributed by atoms with Crippen molar-refractivity contribution in [2.75, 3.05) is 0 Å². The highest BCUT2D eigenvalue weighted by atomic mass is 32.2. The summed E-state index contributed by atoms with van der Waals surface area (Å²) < 4.78 is 25.6. The zero-order valence-electron chi connectivity index (χ0n) is 12.7. The molecule has 0 saturated carbocycles. The molecular weight excluding hydrogens is 312 g/mol. The van der Waals surface area contributed by atoms with Crippen molar-refractivity contribution in [2.45, 2.75) is 23.1 Å². The first-order valence-electron chi connectivity index (χ1n) is 7.05. The van der Waals surface area contributed by atoms with Crippen LogP contribution in [0.4, 0.5) is 0 Å². The molecule has 2 rings (SSSR count). The highest BCUT2D eigenvalue weighted by Crippen LogP contribution is 2.36. The second-order valence-corrected chi connectivity index (χ2v) is 6.84. The summed E-state index contributed by atoms with van der Waals surface area (Å²) in [6.07, 6.45) is 5.24. The highest BCUT2D eigenvalue weighted by Gasteiger charge is 2.26. The molecule has 0 aliphatic rings. The first kappa shape index (κ1) is 16.8. The Bertz CT molecular complexity index is 865. The largest absolute Gasteiger partial charge is 0.506 e. The van der Waals surface area contributed by atoms with Gasteiger partial charge in [0, 0.05) is 5.56 Å². The zero-order valence-corrected chi connectivity index (χ0v) is 13.5. The average Bonchev–Trinajstić information content (AvgIpc) is 2.51. The van der Waals surface area contributed by atoms with Crippen LogP contribution < -0.4 is 0 Å². The van der Waals surface area contributed by atoms with Gasteiger partial charge in [0.05, 0.1) is 0 Å². The molecule has 0 aliphatic carbocycles. The van der Waals surface area contributed by atoms with Gasteiger partial charge in [0.1, 0.15) is 21.3 Å². The van der Waals surface area contributed by atoms with Gasteiger partial charge in [-0.05, 0) is 31.0 Å². The Hall–Kier alpha value is -2.53. The number of sulfone groups is 1. The molecule has 0 radical (unpaired) electrons. The molecule has 0 atom stereocenters. The van der Waals surface area contributed by atoms with Gasteiger partial charge >= 0.3 is 0 Å². The lowest BCUT2D eigenvalue weighted by molar-refractivity contribution is 0.449. The minimum Gasteiger partial charge on any atom is -0.506 e. The van der Waals surface area contributed by atoms with Crippen molar-refractivity contribution in [2.24, 2.45) is 0 Å². The maximum absolute atomic E-state index is 12.8. The van der Waals surface area contributed by atoms with E-state index in [2.05, 4.69) is 6.58 Å². The van der Waals surface area contributed by atoms with Gasteiger partial charge in [-0.25, -0.2) is 8.42 Å². The topological polar surface area (TPSA) is 74.6 Å². The Morgan fingerprint density at radius 3 is 2.26 bits per heavy atom. The molecule has 2 aromatic carbocycles. The molecule has 0 aromatic heterocycles. The second-order valence-electron chi connectivity index (χ2n) is 4.95. The molecule has 2 aromatic rings. The zero-order chi connectivity index (χ0) is 17.0. The molecule has 0 spiro atoms. The number of para-hydroxylation sites is 2. The van der Waals surface area contributed by atoms with Gasteiger partial charge in [0.15, 0.2) is 0 Å². The van der Waals surface area contributed by atoms with E-state index in [1.54, 1.807) is 49.4 Å². The third-order valence-electron chi connectivity index (χ3n) is 3.40. The van der Waals surface area contributed by atoms with E-state index >= 15 is 0 Å². The minimum absolute atomic E-state index is 0.232. The first-order chi connectivity index (χ1) is 10.9. The standard InChI is InChI=1S/C18H18O4S/c1-3-7-13-9-5-11-15(17(13)19)23(21,22)16-12-6-10-14(8-4-2)18(16)20/h3-6,8-12,19-20H,1,7H2,2H3/b8-4-. The Balaban J connectivity index is 2.67. The van der Waals surface area contributed by atoms with Crippen molar-refractivity contribution in [1.82, 2.24) is 0 Å². The third-order valence-corrected chi connectivity index (χ3v) is 5.22. The summed E-state index contributed by atoms with van der Waals surface area (Å²) in [5, 5.41) is 20.5. The molecule has 0 amide bonds. The lowest BCUT2D eigenvalue weighted by atomic mass is 10.1. The SMILES string of the molecule is C=CCc1cccc(S(=O)(=O)c2cccc(/C=C\C)c2O)c1O. The number of aromatic hydroxyl groups is 2. The smallest absolute Gasteiger partial charge is 0.213 e. The molecule has 4 nitrogen and oxygen atoms in total. The lowest BCUT2D eigenvalue weighted by Gasteiger charge is -2.12. The van der Waals surface area contributed by atoms with Crippen LogP contribution in [0.15, 0.2) is 64.9 Å². The van der Waals surface area contributed by atoms with Crippen molar-refractivity contribution in [3.05, 3.63) is 66.3 Å². The predicted octanol–water partition coefficient (Wildman–Crippen LogP) is 3.69. The molecule has 5 heteroatoms. The van der Waals surface area contributed by atoms with Crippen LogP contribution in [0, 0.1) is 0 Å². The van der Waals surface area contributed by atoms with E-state index in [0.29, 0.717) is 17.5 Å². The molecule has 0 bridgehead atoms. The van der Waals surface area contributed by atoms with E-state index in [1.807, 2.05) is 0 Å². The number of benzene rings is 2. The summed E-state index contributed by atoms with van der Waals surface area (Å²) in [6, 6.07) is 8.98. The van der Waals surface area contributed by atoms with Gasteiger partial charge in [-0.15, -0.1) is 6.58 Å². The van der Waals surface area contributed by atoms with E-state index in [9.17, 15) is 18.6 Å². The van der Waals surface area contributed by atoms with Crippen molar-refractivity contribution >= 4 is 15.9 Å². The number of allylic oxidation sites excluding steroid dienone is 2. The number of phenolic OH excluding ortho intramolecular Hbond substituents is 2. The molecule has 23 heavy (non-hydrogen) atoms. The Labute approximate surface area is 136 Å². The third kappa shape index (κ3) is 3.14. The Kier molecular flexibility index (Phi) is 4.91. The fourth-order valence-corrected chi connectivity index (χ4v) is 3.80. The number of hydrogen-bond donors (Lipinski definition) is 2.